The van der Waals surface area contributed by atoms with Gasteiger partial charge in [-0.3, -0.25) is 9.59 Å². The number of nitrogens with one attached hydrogen (secondary N) is 1. The predicted octanol–water partition coefficient (Wildman–Crippen LogP) is 5.19. The Hall–Kier alpha value is -4.34. The normalized spacial score (nSPS) is 11.3. The summed E-state index contributed by atoms with van der Waals surface area (Å²) in [6, 6.07) is 2.39. The Morgan fingerprint density at radius 1 is 1.00 bits per heavy atom. The van der Waals surface area contributed by atoms with E-state index in [1.165, 1.54) is 6.07 Å². The molecule has 0 amide bonds. The van der Waals surface area contributed by atoms with Crippen LogP contribution in [-0.2, 0) is 12.4 Å². The van der Waals surface area contributed by atoms with Crippen LogP contribution in [0.1, 0.15) is 53.2 Å². The zero-order valence-electron chi connectivity index (χ0n) is 22.7. The molecule has 0 bridgehead atoms. The van der Waals surface area contributed by atoms with Crippen molar-refractivity contribution in [3.05, 3.63) is 75.3 Å². The number of aliphatic hydroxyl groups is 1. The molecule has 0 aliphatic heterocycles. The minimum atomic E-state index is -4.74. The summed E-state index contributed by atoms with van der Waals surface area (Å²) in [5.74, 6) is -0.968. The lowest BCUT2D eigenvalue weighted by molar-refractivity contribution is -0.138. The lowest BCUT2D eigenvalue weighted by Gasteiger charge is -2.14. The Kier molecular flexibility index (Phi) is 13.8. The van der Waals surface area contributed by atoms with E-state index >= 15 is 0 Å². The summed E-state index contributed by atoms with van der Waals surface area (Å²) >= 11 is 0. The molecule has 0 saturated heterocycles. The van der Waals surface area contributed by atoms with Gasteiger partial charge in [0.15, 0.2) is 12.1 Å². The van der Waals surface area contributed by atoms with Gasteiger partial charge in [0, 0.05) is 38.7 Å². The number of aldehydes is 1. The van der Waals surface area contributed by atoms with Crippen LogP contribution in [0.5, 0.6) is 0 Å². The fourth-order valence-corrected chi connectivity index (χ4v) is 3.23. The lowest BCUT2D eigenvalue weighted by atomic mass is 10.0. The molecule has 3 rings (SSSR count). The van der Waals surface area contributed by atoms with Crippen LogP contribution in [-0.4, -0.2) is 57.2 Å². The van der Waals surface area contributed by atoms with Gasteiger partial charge < -0.3 is 15.7 Å². The molecule has 16 heteroatoms. The summed E-state index contributed by atoms with van der Waals surface area (Å²) in [4.78, 5) is 31.0. The Bertz CT molecular complexity index is 1370. The molecule has 4 N–H and O–H groups in total. The first-order valence-corrected chi connectivity index (χ1v) is 12.1. The second-order valence-electron chi connectivity index (χ2n) is 8.40. The SMILES string of the molecule is CCCCCN(C)/C=C\c1cc(-c2ncc(C(F)(F)F)cn2)c(F)cc1C=O.CO.Nc1cn[nH]c(=O)c1C(F)(F)F. The molecule has 0 radical (unpaired) electrons. The van der Waals surface area contributed by atoms with Gasteiger partial charge in [0.1, 0.15) is 11.4 Å². The van der Waals surface area contributed by atoms with Crippen LogP contribution >= 0.6 is 0 Å². The zero-order chi connectivity index (χ0) is 32.1. The van der Waals surface area contributed by atoms with Crippen molar-refractivity contribution in [1.29, 1.82) is 0 Å². The minimum Gasteiger partial charge on any atom is -0.400 e. The molecule has 230 valence electrons. The monoisotopic (exact) mass is 606 g/mol. The smallest absolute Gasteiger partial charge is 0.400 e. The summed E-state index contributed by atoms with van der Waals surface area (Å²) < 4.78 is 88.2. The number of hydrogen-bond donors (Lipinski definition) is 3. The molecule has 9 nitrogen and oxygen atoms in total. The van der Waals surface area contributed by atoms with Crippen LogP contribution < -0.4 is 11.3 Å². The number of carbonyl (C=O) groups excluding carboxylic acids is 1. The van der Waals surface area contributed by atoms with Gasteiger partial charge >= 0.3 is 12.4 Å². The largest absolute Gasteiger partial charge is 0.423 e. The van der Waals surface area contributed by atoms with Crippen molar-refractivity contribution in [2.45, 2.75) is 38.5 Å². The fraction of sp³-hybridized carbons (Fsp3) is 0.346. The van der Waals surface area contributed by atoms with E-state index < -0.39 is 40.5 Å². The third kappa shape index (κ3) is 10.6. The molecule has 3 aromatic rings. The third-order valence-corrected chi connectivity index (χ3v) is 5.31. The third-order valence-electron chi connectivity index (χ3n) is 5.31. The predicted molar refractivity (Wildman–Crippen MR) is 141 cm³/mol. The van der Waals surface area contributed by atoms with E-state index in [-0.39, 0.29) is 17.0 Å². The number of nitrogen functional groups attached to an aromatic ring is 1. The molecule has 0 spiro atoms. The van der Waals surface area contributed by atoms with E-state index in [1.807, 2.05) is 11.9 Å². The summed E-state index contributed by atoms with van der Waals surface area (Å²) in [6.45, 7) is 2.94. The number of nitrogens with zero attached hydrogens (tertiary/aromatic N) is 4. The number of anilines is 1. The van der Waals surface area contributed by atoms with Gasteiger partial charge in [0.2, 0.25) is 0 Å². The number of unbranched alkanes of at least 4 members (excludes halogenated alkanes) is 2. The number of carbonyl (C=O) groups is 1. The Morgan fingerprint density at radius 3 is 2.10 bits per heavy atom. The molecule has 1 aromatic carbocycles. The Balaban J connectivity index is 0.000000524. The molecule has 0 fully saturated rings. The highest BCUT2D eigenvalue weighted by Gasteiger charge is 2.36. The van der Waals surface area contributed by atoms with E-state index in [0.29, 0.717) is 24.2 Å². The Labute approximate surface area is 235 Å². The number of rotatable bonds is 8. The number of alkyl halides is 6. The first kappa shape index (κ1) is 35.7. The average Bonchev–Trinajstić information content (AvgIpc) is 2.92. The first-order chi connectivity index (χ1) is 19.7. The topological polar surface area (TPSA) is 138 Å². The number of hydrogen-bond acceptors (Lipinski definition) is 8. The second kappa shape index (κ2) is 16.2. The molecule has 42 heavy (non-hydrogen) atoms. The molecule has 2 aromatic heterocycles. The van der Waals surface area contributed by atoms with Crippen molar-refractivity contribution >= 4 is 18.0 Å². The van der Waals surface area contributed by atoms with Crippen molar-refractivity contribution in [3.8, 4) is 11.4 Å². The quantitative estimate of drug-likeness (QED) is 0.181. The molecule has 0 aliphatic rings. The first-order valence-electron chi connectivity index (χ1n) is 12.1. The average molecular weight is 607 g/mol. The molecule has 2 heterocycles. The number of aromatic nitrogens is 4. The molecule has 0 saturated carbocycles. The van der Waals surface area contributed by atoms with Gasteiger partial charge in [-0.25, -0.2) is 19.5 Å². The van der Waals surface area contributed by atoms with E-state index in [9.17, 15) is 40.3 Å². The van der Waals surface area contributed by atoms with Crippen LogP contribution in [0.15, 0.2) is 41.7 Å². The van der Waals surface area contributed by atoms with Crippen LogP contribution in [0.25, 0.3) is 17.5 Å². The second-order valence-corrected chi connectivity index (χ2v) is 8.40. The van der Waals surface area contributed by atoms with Gasteiger partial charge in [-0.2, -0.15) is 31.4 Å². The molecular formula is C26H29F7N6O3. The van der Waals surface area contributed by atoms with Crippen molar-refractivity contribution in [2.75, 3.05) is 26.4 Å². The van der Waals surface area contributed by atoms with Gasteiger partial charge in [0.25, 0.3) is 5.56 Å². The number of H-pyrrole nitrogens is 1. The van der Waals surface area contributed by atoms with Gasteiger partial charge in [-0.15, -0.1) is 0 Å². The van der Waals surface area contributed by atoms with Crippen molar-refractivity contribution in [1.82, 2.24) is 25.1 Å². The standard InChI is InChI=1S/C20H21F4N3O.C5H4F3N3O.CH4O/c1-3-4-5-7-27(2)8-6-14-9-17(18(21)10-15(14)13-28)19-25-11-16(12-26-19)20(22,23)24;6-5(7,8)3-2(9)1-10-11-4(3)12;1-2/h6,8-13H,3-5,7H2,1-2H3;1H,(H3,9,11,12);2H,1H3/b8-6-;;. The van der Waals surface area contributed by atoms with Gasteiger partial charge in [-0.05, 0) is 36.4 Å². The number of halogens is 7. The van der Waals surface area contributed by atoms with E-state index in [2.05, 4.69) is 22.0 Å². The Morgan fingerprint density at radius 2 is 1.62 bits per heavy atom. The zero-order valence-corrected chi connectivity index (χ0v) is 22.7. The highest BCUT2D eigenvalue weighted by molar-refractivity contribution is 5.84. The summed E-state index contributed by atoms with van der Waals surface area (Å²) in [5.41, 5.74) is 0.958. The maximum Gasteiger partial charge on any atom is 0.423 e. The van der Waals surface area contributed by atoms with Gasteiger partial charge in [0.05, 0.1) is 23.0 Å². The molecule has 0 atom stereocenters. The number of benzene rings is 1. The van der Waals surface area contributed by atoms with E-state index in [1.54, 1.807) is 17.4 Å². The molecule has 0 aliphatic carbocycles. The van der Waals surface area contributed by atoms with Crippen molar-refractivity contribution in [3.63, 3.8) is 0 Å². The van der Waals surface area contributed by atoms with E-state index in [0.717, 1.165) is 45.2 Å². The summed E-state index contributed by atoms with van der Waals surface area (Å²) in [7, 11) is 2.89. The fourth-order valence-electron chi connectivity index (χ4n) is 3.23. The summed E-state index contributed by atoms with van der Waals surface area (Å²) in [5, 5.41) is 11.7. The highest BCUT2D eigenvalue weighted by atomic mass is 19.4. The summed E-state index contributed by atoms with van der Waals surface area (Å²) in [6.07, 6.45) is -0.192. The minimum absolute atomic E-state index is 0.0763. The maximum absolute atomic E-state index is 14.3. The number of nitrogens with two attached hydrogens (primary N) is 1. The van der Waals surface area contributed by atoms with Crippen molar-refractivity contribution < 1.29 is 40.6 Å². The molecular weight excluding hydrogens is 577 g/mol. The van der Waals surface area contributed by atoms with Gasteiger partial charge in [-0.1, -0.05) is 19.8 Å². The van der Waals surface area contributed by atoms with Crippen LogP contribution in [0.3, 0.4) is 0 Å². The molecule has 0 unspecified atom stereocenters. The van der Waals surface area contributed by atoms with Crippen LogP contribution in [0.4, 0.5) is 36.4 Å². The maximum atomic E-state index is 14.3. The lowest BCUT2D eigenvalue weighted by Crippen LogP contribution is -2.24. The van der Waals surface area contributed by atoms with E-state index in [4.69, 9.17) is 10.8 Å². The van der Waals surface area contributed by atoms with Crippen LogP contribution in [0, 0.1) is 5.82 Å². The van der Waals surface area contributed by atoms with Crippen molar-refractivity contribution in [2.24, 2.45) is 0 Å². The number of aliphatic hydroxyl groups excluding tert-OH is 1. The highest BCUT2D eigenvalue weighted by Crippen LogP contribution is 2.30. The number of aromatic amines is 1. The van der Waals surface area contributed by atoms with Crippen LogP contribution in [0.2, 0.25) is 0 Å².